The van der Waals surface area contributed by atoms with Crippen LogP contribution in [0.4, 0.5) is 0 Å². The molecule has 0 fully saturated rings. The molecule has 3 rings (SSSR count). The summed E-state index contributed by atoms with van der Waals surface area (Å²) in [5, 5.41) is 8.40. The third-order valence-electron chi connectivity index (χ3n) is 3.46. The van der Waals surface area contributed by atoms with E-state index in [1.807, 2.05) is 24.3 Å². The maximum Gasteiger partial charge on any atom is 0.255 e. The van der Waals surface area contributed by atoms with Crippen molar-refractivity contribution in [2.24, 2.45) is 0 Å². The van der Waals surface area contributed by atoms with E-state index in [0.29, 0.717) is 24.5 Å². The van der Waals surface area contributed by atoms with Crippen LogP contribution in [-0.4, -0.2) is 25.6 Å². The Balaban J connectivity index is 1.99. The highest BCUT2D eigenvalue weighted by Gasteiger charge is 2.20. The van der Waals surface area contributed by atoms with Crippen LogP contribution in [0.15, 0.2) is 35.7 Å². The van der Waals surface area contributed by atoms with Crippen LogP contribution >= 0.6 is 11.3 Å². The monoisotopic (exact) mass is 302 g/mol. The summed E-state index contributed by atoms with van der Waals surface area (Å²) >= 11 is 1.71. The lowest BCUT2D eigenvalue weighted by atomic mass is 10.0. The Bertz CT molecular complexity index is 625. The quantitative estimate of drug-likeness (QED) is 0.912. The second kappa shape index (κ2) is 6.28. The van der Waals surface area contributed by atoms with Gasteiger partial charge in [0.05, 0.1) is 18.2 Å². The Morgan fingerprint density at radius 1 is 1.43 bits per heavy atom. The zero-order valence-corrected chi connectivity index (χ0v) is 12.7. The number of thiophene rings is 1. The maximum atomic E-state index is 12.1. The minimum absolute atomic E-state index is 0.0641. The second-order valence-electron chi connectivity index (χ2n) is 4.87. The minimum Gasteiger partial charge on any atom is -0.491 e. The smallest absolute Gasteiger partial charge is 0.255 e. The van der Waals surface area contributed by atoms with Gasteiger partial charge < -0.3 is 15.4 Å². The summed E-state index contributed by atoms with van der Waals surface area (Å²) in [6.07, 6.45) is 0. The third-order valence-corrected chi connectivity index (χ3v) is 4.40. The number of carbonyl (C=O) groups excluding carboxylic acids is 1. The van der Waals surface area contributed by atoms with Gasteiger partial charge >= 0.3 is 0 Å². The van der Waals surface area contributed by atoms with Crippen LogP contribution < -0.4 is 15.4 Å². The van der Waals surface area contributed by atoms with Crippen molar-refractivity contribution >= 4 is 17.2 Å². The minimum atomic E-state index is -0.0641. The van der Waals surface area contributed by atoms with E-state index in [9.17, 15) is 4.79 Å². The van der Waals surface area contributed by atoms with E-state index in [2.05, 4.69) is 29.0 Å². The highest BCUT2D eigenvalue weighted by molar-refractivity contribution is 7.10. The zero-order valence-electron chi connectivity index (χ0n) is 11.9. The number of ether oxygens (including phenoxy) is 1. The fraction of sp³-hybridized carbons (Fsp3) is 0.312. The van der Waals surface area contributed by atoms with E-state index in [1.165, 1.54) is 4.88 Å². The summed E-state index contributed by atoms with van der Waals surface area (Å²) in [6.45, 7) is 4.01. The van der Waals surface area contributed by atoms with Crippen molar-refractivity contribution in [3.05, 3.63) is 51.7 Å². The predicted octanol–water partition coefficient (Wildman–Crippen LogP) is 2.57. The van der Waals surface area contributed by atoms with E-state index in [4.69, 9.17) is 4.74 Å². The lowest BCUT2D eigenvalue weighted by Gasteiger charge is -2.18. The standard InChI is InChI=1S/C16H18N2O2S/c1-2-17-15(14-4-3-9-21-14)11-5-6-13-12(10-11)16(19)18-7-8-20-13/h3-6,9-10,15,17H,2,7-8H2,1H3,(H,18,19). The van der Waals surface area contributed by atoms with Crippen LogP contribution in [0.25, 0.3) is 0 Å². The molecule has 0 saturated heterocycles. The summed E-state index contributed by atoms with van der Waals surface area (Å²) < 4.78 is 5.60. The molecule has 0 radical (unpaired) electrons. The topological polar surface area (TPSA) is 50.4 Å². The Kier molecular flexibility index (Phi) is 4.22. The molecular weight excluding hydrogens is 284 g/mol. The number of rotatable bonds is 4. The molecule has 0 saturated carbocycles. The molecule has 2 aromatic rings. The van der Waals surface area contributed by atoms with Crippen LogP contribution in [0.3, 0.4) is 0 Å². The molecule has 1 aliphatic rings. The number of benzene rings is 1. The van der Waals surface area contributed by atoms with Crippen molar-refractivity contribution < 1.29 is 9.53 Å². The average molecular weight is 302 g/mol. The van der Waals surface area contributed by atoms with Crippen molar-refractivity contribution in [2.75, 3.05) is 19.7 Å². The summed E-state index contributed by atoms with van der Waals surface area (Å²) in [5.74, 6) is 0.598. The zero-order chi connectivity index (χ0) is 14.7. The first kappa shape index (κ1) is 14.1. The van der Waals surface area contributed by atoms with Gasteiger partial charge in [0.25, 0.3) is 5.91 Å². The number of hydrogen-bond donors (Lipinski definition) is 2. The first-order valence-electron chi connectivity index (χ1n) is 7.11. The van der Waals surface area contributed by atoms with Crippen molar-refractivity contribution in [3.8, 4) is 5.75 Å². The molecule has 0 spiro atoms. The van der Waals surface area contributed by atoms with Crippen molar-refractivity contribution in [1.82, 2.24) is 10.6 Å². The molecule has 21 heavy (non-hydrogen) atoms. The van der Waals surface area contributed by atoms with Gasteiger partial charge in [0.2, 0.25) is 0 Å². The molecule has 1 unspecified atom stereocenters. The molecule has 1 aromatic carbocycles. The van der Waals surface area contributed by atoms with Gasteiger partial charge in [-0.15, -0.1) is 11.3 Å². The van der Waals surface area contributed by atoms with E-state index in [-0.39, 0.29) is 11.9 Å². The second-order valence-corrected chi connectivity index (χ2v) is 5.85. The molecule has 0 aliphatic carbocycles. The van der Waals surface area contributed by atoms with Gasteiger partial charge in [-0.2, -0.15) is 0 Å². The highest BCUT2D eigenvalue weighted by atomic mass is 32.1. The first-order valence-corrected chi connectivity index (χ1v) is 7.99. The van der Waals surface area contributed by atoms with Gasteiger partial charge in [0.15, 0.2) is 0 Å². The van der Waals surface area contributed by atoms with Gasteiger partial charge in [0.1, 0.15) is 12.4 Å². The Labute approximate surface area is 128 Å². The Morgan fingerprint density at radius 3 is 3.10 bits per heavy atom. The molecule has 110 valence electrons. The SMILES string of the molecule is CCNC(c1ccc2c(c1)C(=O)NCCO2)c1cccs1. The summed E-state index contributed by atoms with van der Waals surface area (Å²) in [5.41, 5.74) is 1.70. The van der Waals surface area contributed by atoms with E-state index >= 15 is 0 Å². The van der Waals surface area contributed by atoms with Crippen molar-refractivity contribution in [1.29, 1.82) is 0 Å². The summed E-state index contributed by atoms with van der Waals surface area (Å²) in [4.78, 5) is 13.4. The van der Waals surface area contributed by atoms with Crippen molar-refractivity contribution in [2.45, 2.75) is 13.0 Å². The summed E-state index contributed by atoms with van der Waals surface area (Å²) in [7, 11) is 0. The number of hydrogen-bond acceptors (Lipinski definition) is 4. The molecule has 2 heterocycles. The lowest BCUT2D eigenvalue weighted by molar-refractivity contribution is 0.0957. The van der Waals surface area contributed by atoms with E-state index in [0.717, 1.165) is 12.1 Å². The molecule has 1 aromatic heterocycles. The first-order chi connectivity index (χ1) is 10.3. The third kappa shape index (κ3) is 2.94. The fourth-order valence-corrected chi connectivity index (χ4v) is 3.32. The van der Waals surface area contributed by atoms with E-state index < -0.39 is 0 Å². The molecule has 1 aliphatic heterocycles. The molecule has 2 N–H and O–H groups in total. The average Bonchev–Trinajstić information content (AvgIpc) is 2.96. The molecule has 5 heteroatoms. The molecular formula is C16H18N2O2S. The van der Waals surface area contributed by atoms with Gasteiger partial charge in [-0.3, -0.25) is 4.79 Å². The normalized spacial score (nSPS) is 15.6. The van der Waals surface area contributed by atoms with Crippen molar-refractivity contribution in [3.63, 3.8) is 0 Å². The van der Waals surface area contributed by atoms with Gasteiger partial charge in [-0.25, -0.2) is 0 Å². The number of fused-ring (bicyclic) bond motifs is 1. The molecule has 4 nitrogen and oxygen atoms in total. The molecule has 1 atom stereocenters. The highest BCUT2D eigenvalue weighted by Crippen LogP contribution is 2.30. The number of carbonyl (C=O) groups is 1. The number of amides is 1. The van der Waals surface area contributed by atoms with Gasteiger partial charge in [-0.1, -0.05) is 19.1 Å². The maximum absolute atomic E-state index is 12.1. The van der Waals surface area contributed by atoms with Crippen LogP contribution in [0.5, 0.6) is 5.75 Å². The Hall–Kier alpha value is -1.85. The molecule has 1 amide bonds. The van der Waals surface area contributed by atoms with Crippen LogP contribution in [0.1, 0.15) is 33.8 Å². The lowest BCUT2D eigenvalue weighted by Crippen LogP contribution is -2.25. The van der Waals surface area contributed by atoms with Gasteiger partial charge in [0, 0.05) is 4.88 Å². The van der Waals surface area contributed by atoms with Crippen LogP contribution in [0, 0.1) is 0 Å². The fourth-order valence-electron chi connectivity index (χ4n) is 2.49. The Morgan fingerprint density at radius 2 is 2.33 bits per heavy atom. The van der Waals surface area contributed by atoms with Crippen LogP contribution in [-0.2, 0) is 0 Å². The summed E-state index contributed by atoms with van der Waals surface area (Å²) in [6, 6.07) is 10.1. The molecule has 0 bridgehead atoms. The van der Waals surface area contributed by atoms with Gasteiger partial charge in [-0.05, 0) is 35.7 Å². The largest absolute Gasteiger partial charge is 0.491 e. The van der Waals surface area contributed by atoms with E-state index in [1.54, 1.807) is 11.3 Å². The number of nitrogens with one attached hydrogen (secondary N) is 2. The predicted molar refractivity (Wildman–Crippen MR) is 84.1 cm³/mol. The van der Waals surface area contributed by atoms with Crippen LogP contribution in [0.2, 0.25) is 0 Å².